The van der Waals surface area contributed by atoms with Crippen LogP contribution >= 0.6 is 0 Å². The first-order valence-corrected chi connectivity index (χ1v) is 5.35. The van der Waals surface area contributed by atoms with Crippen LogP contribution in [0.4, 0.5) is 0 Å². The van der Waals surface area contributed by atoms with Crippen molar-refractivity contribution in [1.29, 1.82) is 0 Å². The Bertz CT molecular complexity index is 331. The second kappa shape index (κ2) is 5.66. The van der Waals surface area contributed by atoms with E-state index < -0.39 is 0 Å². The minimum absolute atomic E-state index is 0.263. The topological polar surface area (TPSA) is 46.9 Å². The Morgan fingerprint density at radius 3 is 2.87 bits per heavy atom. The van der Waals surface area contributed by atoms with E-state index in [4.69, 9.17) is 0 Å². The van der Waals surface area contributed by atoms with Gasteiger partial charge in [-0.3, -0.25) is 9.48 Å². The molecular formula is C11H19N3O. The highest BCUT2D eigenvalue weighted by Gasteiger charge is 2.07. The SMILES string of the molecule is CCNCCC(=O)Cc1cc(C)nn1C. The summed E-state index contributed by atoms with van der Waals surface area (Å²) >= 11 is 0. The summed E-state index contributed by atoms with van der Waals surface area (Å²) in [4.78, 5) is 11.6. The summed E-state index contributed by atoms with van der Waals surface area (Å²) in [5.74, 6) is 0.263. The molecule has 0 aliphatic heterocycles. The van der Waals surface area contributed by atoms with Gasteiger partial charge in [0.25, 0.3) is 0 Å². The molecular weight excluding hydrogens is 190 g/mol. The zero-order chi connectivity index (χ0) is 11.3. The van der Waals surface area contributed by atoms with Crippen LogP contribution in [0.5, 0.6) is 0 Å². The number of ketones is 1. The van der Waals surface area contributed by atoms with Gasteiger partial charge >= 0.3 is 0 Å². The molecule has 0 unspecified atom stereocenters. The van der Waals surface area contributed by atoms with Crippen molar-refractivity contribution in [1.82, 2.24) is 15.1 Å². The molecule has 1 N–H and O–H groups in total. The Hall–Kier alpha value is -1.16. The van der Waals surface area contributed by atoms with Crippen LogP contribution in [0.3, 0.4) is 0 Å². The van der Waals surface area contributed by atoms with Crippen LogP contribution in [0.1, 0.15) is 24.7 Å². The van der Waals surface area contributed by atoms with Gasteiger partial charge in [0, 0.05) is 32.1 Å². The lowest BCUT2D eigenvalue weighted by Gasteiger charge is -2.02. The monoisotopic (exact) mass is 209 g/mol. The van der Waals surface area contributed by atoms with Crippen molar-refractivity contribution in [3.8, 4) is 0 Å². The second-order valence-corrected chi connectivity index (χ2v) is 3.72. The first-order valence-electron chi connectivity index (χ1n) is 5.35. The molecule has 4 nitrogen and oxygen atoms in total. The standard InChI is InChI=1S/C11H19N3O/c1-4-12-6-5-11(15)8-10-7-9(2)13-14(10)3/h7,12H,4-6,8H2,1-3H3. The quantitative estimate of drug-likeness (QED) is 0.706. The van der Waals surface area contributed by atoms with E-state index >= 15 is 0 Å². The third kappa shape index (κ3) is 3.83. The molecule has 1 heterocycles. The minimum Gasteiger partial charge on any atom is -0.317 e. The predicted molar refractivity (Wildman–Crippen MR) is 59.8 cm³/mol. The average molecular weight is 209 g/mol. The van der Waals surface area contributed by atoms with Gasteiger partial charge in [0.2, 0.25) is 0 Å². The van der Waals surface area contributed by atoms with Crippen LogP contribution in [0.25, 0.3) is 0 Å². The fraction of sp³-hybridized carbons (Fsp3) is 0.636. The van der Waals surface area contributed by atoms with Gasteiger partial charge in [0.15, 0.2) is 0 Å². The van der Waals surface area contributed by atoms with Gasteiger partial charge in [-0.15, -0.1) is 0 Å². The number of aromatic nitrogens is 2. The van der Waals surface area contributed by atoms with E-state index in [0.29, 0.717) is 12.8 Å². The van der Waals surface area contributed by atoms with Crippen molar-refractivity contribution in [3.63, 3.8) is 0 Å². The number of nitrogens with zero attached hydrogens (tertiary/aromatic N) is 2. The van der Waals surface area contributed by atoms with Gasteiger partial charge in [-0.2, -0.15) is 5.10 Å². The van der Waals surface area contributed by atoms with Gasteiger partial charge in [0.1, 0.15) is 5.78 Å². The summed E-state index contributed by atoms with van der Waals surface area (Å²) in [7, 11) is 1.87. The van der Waals surface area contributed by atoms with Crippen LogP contribution in [0, 0.1) is 6.92 Å². The van der Waals surface area contributed by atoms with E-state index in [1.54, 1.807) is 4.68 Å². The lowest BCUT2D eigenvalue weighted by Crippen LogP contribution is -2.18. The molecule has 1 aromatic heterocycles. The number of hydrogen-bond donors (Lipinski definition) is 1. The molecule has 0 aliphatic rings. The largest absolute Gasteiger partial charge is 0.317 e. The molecule has 0 bridgehead atoms. The summed E-state index contributed by atoms with van der Waals surface area (Å²) in [5.41, 5.74) is 1.96. The summed E-state index contributed by atoms with van der Waals surface area (Å²) in [6, 6.07) is 1.96. The van der Waals surface area contributed by atoms with Crippen molar-refractivity contribution >= 4 is 5.78 Å². The van der Waals surface area contributed by atoms with Crippen LogP contribution in [-0.4, -0.2) is 28.7 Å². The number of hydrogen-bond acceptors (Lipinski definition) is 3. The van der Waals surface area contributed by atoms with Crippen molar-refractivity contribution < 1.29 is 4.79 Å². The molecule has 0 spiro atoms. The molecule has 0 aliphatic carbocycles. The molecule has 1 aromatic rings. The average Bonchev–Trinajstić information content (AvgIpc) is 2.45. The van der Waals surface area contributed by atoms with Crippen molar-refractivity contribution in [2.24, 2.45) is 7.05 Å². The highest BCUT2D eigenvalue weighted by atomic mass is 16.1. The van der Waals surface area contributed by atoms with E-state index in [1.165, 1.54) is 0 Å². The van der Waals surface area contributed by atoms with Crippen LogP contribution in [0.15, 0.2) is 6.07 Å². The maximum Gasteiger partial charge on any atom is 0.140 e. The summed E-state index contributed by atoms with van der Waals surface area (Å²) in [5, 5.41) is 7.35. The fourth-order valence-electron chi connectivity index (χ4n) is 1.52. The molecule has 0 atom stereocenters. The maximum absolute atomic E-state index is 11.6. The van der Waals surface area contributed by atoms with E-state index in [9.17, 15) is 4.79 Å². The normalized spacial score (nSPS) is 10.6. The Morgan fingerprint density at radius 1 is 1.60 bits per heavy atom. The number of Topliss-reactive ketones (excluding diaryl/α,β-unsaturated/α-hetero) is 1. The molecule has 0 radical (unpaired) electrons. The molecule has 0 saturated heterocycles. The van der Waals surface area contributed by atoms with Gasteiger partial charge in [-0.05, 0) is 19.5 Å². The van der Waals surface area contributed by atoms with E-state index in [-0.39, 0.29) is 5.78 Å². The lowest BCUT2D eigenvalue weighted by molar-refractivity contribution is -0.118. The van der Waals surface area contributed by atoms with Gasteiger partial charge in [-0.1, -0.05) is 6.92 Å². The van der Waals surface area contributed by atoms with Crippen LogP contribution < -0.4 is 5.32 Å². The third-order valence-corrected chi connectivity index (χ3v) is 2.31. The van der Waals surface area contributed by atoms with E-state index in [0.717, 1.165) is 24.5 Å². The summed E-state index contributed by atoms with van der Waals surface area (Å²) < 4.78 is 1.78. The first-order chi connectivity index (χ1) is 7.13. The summed E-state index contributed by atoms with van der Waals surface area (Å²) in [6.45, 7) is 5.66. The number of aryl methyl sites for hydroxylation is 2. The smallest absolute Gasteiger partial charge is 0.140 e. The Balaban J connectivity index is 2.41. The van der Waals surface area contributed by atoms with Crippen LogP contribution in [-0.2, 0) is 18.3 Å². The Kier molecular flexibility index (Phi) is 4.49. The minimum atomic E-state index is 0.263. The molecule has 0 saturated carbocycles. The third-order valence-electron chi connectivity index (χ3n) is 2.31. The van der Waals surface area contributed by atoms with Crippen molar-refractivity contribution in [3.05, 3.63) is 17.5 Å². The molecule has 0 fully saturated rings. The van der Waals surface area contributed by atoms with Crippen LogP contribution in [0.2, 0.25) is 0 Å². The van der Waals surface area contributed by atoms with Crippen molar-refractivity contribution in [2.45, 2.75) is 26.7 Å². The Morgan fingerprint density at radius 2 is 2.33 bits per heavy atom. The van der Waals surface area contributed by atoms with Gasteiger partial charge in [0.05, 0.1) is 5.69 Å². The Labute approximate surface area is 90.7 Å². The van der Waals surface area contributed by atoms with Gasteiger partial charge in [-0.25, -0.2) is 0 Å². The van der Waals surface area contributed by atoms with Gasteiger partial charge < -0.3 is 5.32 Å². The predicted octanol–water partition coefficient (Wildman–Crippen LogP) is 0.840. The van der Waals surface area contributed by atoms with E-state index in [1.807, 2.05) is 27.0 Å². The fourth-order valence-corrected chi connectivity index (χ4v) is 1.52. The summed E-state index contributed by atoms with van der Waals surface area (Å²) in [6.07, 6.45) is 1.08. The second-order valence-electron chi connectivity index (χ2n) is 3.72. The number of rotatable bonds is 6. The number of carbonyl (C=O) groups excluding carboxylic acids is 1. The molecule has 0 aromatic carbocycles. The molecule has 84 valence electrons. The van der Waals surface area contributed by atoms with E-state index in [2.05, 4.69) is 10.4 Å². The molecule has 4 heteroatoms. The lowest BCUT2D eigenvalue weighted by atomic mass is 10.1. The molecule has 1 rings (SSSR count). The number of carbonyl (C=O) groups is 1. The first kappa shape index (κ1) is 11.9. The zero-order valence-corrected chi connectivity index (χ0v) is 9.71. The highest BCUT2D eigenvalue weighted by molar-refractivity contribution is 5.80. The highest BCUT2D eigenvalue weighted by Crippen LogP contribution is 2.04. The van der Waals surface area contributed by atoms with Crippen molar-refractivity contribution in [2.75, 3.05) is 13.1 Å². The maximum atomic E-state index is 11.6. The molecule has 15 heavy (non-hydrogen) atoms. The zero-order valence-electron chi connectivity index (χ0n) is 9.71. The molecule has 0 amide bonds. The number of nitrogens with one attached hydrogen (secondary N) is 1.